The first-order valence-electron chi connectivity index (χ1n) is 36.6. The Kier molecular flexibility index (Phi) is 20.7. The lowest BCUT2D eigenvalue weighted by Crippen LogP contribution is -2.24. The summed E-state index contributed by atoms with van der Waals surface area (Å²) in [6.07, 6.45) is 28.5. The fraction of sp³-hybridized carbons (Fsp3) is 0.371. The lowest BCUT2D eigenvalue weighted by atomic mass is 9.81. The third-order valence-corrected chi connectivity index (χ3v) is 26.6. The largest absolute Gasteiger partial charge is 0.478 e. The summed E-state index contributed by atoms with van der Waals surface area (Å²) in [5.41, 5.74) is 24.1. The number of carbonyl (C=O) groups is 1. The second-order valence-electron chi connectivity index (χ2n) is 29.3. The van der Waals surface area contributed by atoms with Gasteiger partial charge >= 0.3 is 5.97 Å². The van der Waals surface area contributed by atoms with Gasteiger partial charge in [-0.3, -0.25) is 4.99 Å². The lowest BCUT2D eigenvalue weighted by molar-refractivity contribution is 0.0696. The minimum Gasteiger partial charge on any atom is -0.478 e. The number of fused-ring (bicyclic) bond motifs is 7. The van der Waals surface area contributed by atoms with Crippen molar-refractivity contribution in [3.8, 4) is 62.0 Å². The number of carboxylic acid groups (broad SMARTS) is 1. The first-order chi connectivity index (χ1) is 47.0. The number of aliphatic imine (C=N–C) groups is 1. The van der Waals surface area contributed by atoms with Gasteiger partial charge in [0.2, 0.25) is 0 Å². The van der Waals surface area contributed by atoms with Gasteiger partial charge in [-0.25, -0.2) is 4.79 Å². The van der Waals surface area contributed by atoms with Crippen LogP contribution in [0.15, 0.2) is 163 Å². The number of hydrogen-bond donors (Lipinski definition) is 1. The van der Waals surface area contributed by atoms with Crippen molar-refractivity contribution in [3.63, 3.8) is 0 Å². The first kappa shape index (κ1) is 68.3. The standard InChI is InChI=1S/C89H98N2O2S4/c1-11-15-19-23-31-59-51-67(46-50-81-89(9,10)76-52-63(86(92)93)41-49-77(76)90-81)94-83(59)78-54-61(33-25-21-17-13-3)85(96-78)80-55-62(34-26-22-18-14-4)84(97-80)79-53-60(32-24-20-16-12-2)82(95-79)58-39-42-64(43-40-58)91(65-45-48-74-71(56-65)69-36-28-30-38-73(69)87(74,5)6)66-44-47-70-68-35-27-29-37-72(68)88(7,8)75(70)57-66/h27-30,35-57H,11-26,31-34H2,1-10H3,(H,92,93). The zero-order valence-corrected chi connectivity index (χ0v) is 62.4. The highest BCUT2D eigenvalue weighted by Gasteiger charge is 2.39. The molecule has 0 spiro atoms. The molecule has 0 saturated carbocycles. The highest BCUT2D eigenvalue weighted by molar-refractivity contribution is 7.29. The highest BCUT2D eigenvalue weighted by atomic mass is 32.1. The Morgan fingerprint density at radius 2 is 0.856 bits per heavy atom. The summed E-state index contributed by atoms with van der Waals surface area (Å²) < 4.78 is 0. The maximum atomic E-state index is 12.0. The second kappa shape index (κ2) is 29.3. The summed E-state index contributed by atoms with van der Waals surface area (Å²) in [5, 5.41) is 9.85. The number of unbranched alkanes of at least 4 members (excludes halogenated alkanes) is 12. The number of anilines is 3. The van der Waals surface area contributed by atoms with Gasteiger partial charge in [-0.05, 0) is 220 Å². The Morgan fingerprint density at radius 3 is 1.41 bits per heavy atom. The summed E-state index contributed by atoms with van der Waals surface area (Å²) >= 11 is 8.06. The molecule has 0 unspecified atom stereocenters. The monoisotopic (exact) mass is 1350 g/mol. The minimum absolute atomic E-state index is 0.0781. The molecule has 1 N–H and O–H groups in total. The summed E-state index contributed by atoms with van der Waals surface area (Å²) in [4.78, 5) is 30.8. The molecule has 0 bridgehead atoms. The third-order valence-electron chi connectivity index (χ3n) is 21.4. The van der Waals surface area contributed by atoms with Crippen LogP contribution in [0, 0.1) is 0 Å². The van der Waals surface area contributed by atoms with Crippen LogP contribution >= 0.6 is 45.3 Å². The molecule has 3 aliphatic rings. The van der Waals surface area contributed by atoms with Gasteiger partial charge in [0.1, 0.15) is 0 Å². The van der Waals surface area contributed by atoms with Crippen LogP contribution in [0.25, 0.3) is 68.0 Å². The summed E-state index contributed by atoms with van der Waals surface area (Å²) in [7, 11) is 0. The molecule has 1 aliphatic heterocycles. The molecule has 0 atom stereocenters. The fourth-order valence-corrected chi connectivity index (χ4v) is 20.9. The molecule has 6 aromatic carbocycles. The van der Waals surface area contributed by atoms with Crippen LogP contribution in [0.5, 0.6) is 0 Å². The van der Waals surface area contributed by atoms with Gasteiger partial charge in [-0.2, -0.15) is 0 Å². The molecule has 8 heteroatoms. The van der Waals surface area contributed by atoms with Gasteiger partial charge in [0.25, 0.3) is 0 Å². The summed E-state index contributed by atoms with van der Waals surface area (Å²) in [5.74, 6) is -0.908. The van der Waals surface area contributed by atoms with E-state index in [1.807, 2.05) is 46.1 Å². The van der Waals surface area contributed by atoms with Crippen molar-refractivity contribution in [1.29, 1.82) is 0 Å². The topological polar surface area (TPSA) is 52.9 Å². The molecule has 0 amide bonds. The van der Waals surface area contributed by atoms with Crippen molar-refractivity contribution < 1.29 is 9.90 Å². The normalized spacial score (nSPS) is 14.4. The average Bonchev–Trinajstić information content (AvgIpc) is 1.59. The van der Waals surface area contributed by atoms with Crippen LogP contribution in [0.2, 0.25) is 0 Å². The van der Waals surface area contributed by atoms with Crippen LogP contribution in [-0.4, -0.2) is 16.8 Å². The number of carboxylic acids is 1. The number of aryl methyl sites for hydroxylation is 4. The van der Waals surface area contributed by atoms with Gasteiger partial charge in [0.15, 0.2) is 0 Å². The highest BCUT2D eigenvalue weighted by Crippen LogP contribution is 2.55. The van der Waals surface area contributed by atoms with Gasteiger partial charge in [-0.1, -0.05) is 219 Å². The van der Waals surface area contributed by atoms with E-state index in [0.29, 0.717) is 5.56 Å². The van der Waals surface area contributed by atoms with Crippen LogP contribution in [0.1, 0.15) is 237 Å². The van der Waals surface area contributed by atoms with Gasteiger partial charge in [-0.15, -0.1) is 45.3 Å². The van der Waals surface area contributed by atoms with Crippen molar-refractivity contribution in [2.45, 2.75) is 214 Å². The summed E-state index contributed by atoms with van der Waals surface area (Å²) in [6.45, 7) is 23.2. The van der Waals surface area contributed by atoms with Crippen molar-refractivity contribution >= 4 is 85.9 Å². The molecule has 5 heterocycles. The Bertz CT molecular complexity index is 4550. The minimum atomic E-state index is -0.908. The molecule has 97 heavy (non-hydrogen) atoms. The fourth-order valence-electron chi connectivity index (χ4n) is 15.7. The number of nitrogens with zero attached hydrogens (tertiary/aromatic N) is 2. The van der Waals surface area contributed by atoms with Crippen LogP contribution in [0.4, 0.5) is 22.7 Å². The predicted octanol–water partition coefficient (Wildman–Crippen LogP) is 27.9. The number of rotatable bonds is 30. The molecule has 2 aliphatic carbocycles. The number of allylic oxidation sites excluding steroid dienone is 1. The third kappa shape index (κ3) is 13.7. The molecule has 500 valence electrons. The predicted molar refractivity (Wildman–Crippen MR) is 423 cm³/mol. The maximum absolute atomic E-state index is 12.0. The molecule has 4 aromatic heterocycles. The molecule has 13 rings (SSSR count). The van der Waals surface area contributed by atoms with Gasteiger partial charge in [0.05, 0.1) is 17.0 Å². The van der Waals surface area contributed by atoms with Gasteiger partial charge < -0.3 is 10.0 Å². The van der Waals surface area contributed by atoms with Crippen molar-refractivity contribution in [3.05, 3.63) is 218 Å². The quantitative estimate of drug-likeness (QED) is 0.0457. The zero-order valence-electron chi connectivity index (χ0n) is 59.1. The number of thiophene rings is 4. The Hall–Kier alpha value is -7.20. The molecule has 0 saturated heterocycles. The van der Waals surface area contributed by atoms with E-state index >= 15 is 0 Å². The smallest absolute Gasteiger partial charge is 0.335 e. The van der Waals surface area contributed by atoms with E-state index in [1.165, 1.54) is 225 Å². The molecule has 4 nitrogen and oxygen atoms in total. The second-order valence-corrected chi connectivity index (χ2v) is 33.6. The van der Waals surface area contributed by atoms with E-state index < -0.39 is 11.4 Å². The average molecular weight is 1360 g/mol. The Balaban J connectivity index is 0.879. The van der Waals surface area contributed by atoms with Crippen LogP contribution in [0.3, 0.4) is 0 Å². The molecule has 0 fully saturated rings. The molecule has 10 aromatic rings. The maximum Gasteiger partial charge on any atom is 0.335 e. The molecule has 0 radical (unpaired) electrons. The van der Waals surface area contributed by atoms with E-state index in [-0.39, 0.29) is 10.8 Å². The van der Waals surface area contributed by atoms with Crippen molar-refractivity contribution in [2.75, 3.05) is 4.90 Å². The van der Waals surface area contributed by atoms with Crippen LogP contribution in [-0.2, 0) is 41.9 Å². The van der Waals surface area contributed by atoms with Crippen molar-refractivity contribution in [2.24, 2.45) is 4.99 Å². The van der Waals surface area contributed by atoms with E-state index in [4.69, 9.17) is 4.99 Å². The van der Waals surface area contributed by atoms with E-state index in [1.54, 1.807) is 6.07 Å². The van der Waals surface area contributed by atoms with E-state index in [0.717, 1.165) is 48.3 Å². The van der Waals surface area contributed by atoms with Gasteiger partial charge in [0, 0.05) is 72.3 Å². The first-order valence-corrected chi connectivity index (χ1v) is 39.8. The number of aromatic carboxylic acids is 1. The number of hydrogen-bond acceptors (Lipinski definition) is 7. The molecular formula is C89H98N2O2S4. The van der Waals surface area contributed by atoms with E-state index in [9.17, 15) is 9.90 Å². The van der Waals surface area contributed by atoms with Crippen molar-refractivity contribution in [1.82, 2.24) is 0 Å². The Labute approximate surface area is 595 Å². The van der Waals surface area contributed by atoms with E-state index in [2.05, 4.69) is 231 Å². The lowest BCUT2D eigenvalue weighted by Gasteiger charge is -2.29. The molecular weight excluding hydrogens is 1260 g/mol. The van der Waals surface area contributed by atoms with Crippen LogP contribution < -0.4 is 4.90 Å². The zero-order chi connectivity index (χ0) is 67.6. The SMILES string of the molecule is CCCCCCc1cc(-c2sc(-c3sc(-c4sc(C=CC5=Nc6ccc(C(=O)O)cc6C5(C)C)cc4CCCCCC)cc3CCCCCC)cc2CCCCCC)sc1-c1ccc(N(c2ccc3c(c2)-c2ccccc2C3(C)C)c2ccc3c(c2)C(C)(C)c2ccccc2-3)cc1. The Morgan fingerprint density at radius 1 is 0.402 bits per heavy atom. The summed E-state index contributed by atoms with van der Waals surface area (Å²) in [6, 6.07) is 57.8. The number of benzene rings is 6.